The Morgan fingerprint density at radius 3 is 2.58 bits per heavy atom. The number of amides is 1. The van der Waals surface area contributed by atoms with Crippen molar-refractivity contribution in [3.05, 3.63) is 60.2 Å². The van der Waals surface area contributed by atoms with Crippen LogP contribution >= 0.6 is 0 Å². The molecule has 0 bridgehead atoms. The molecule has 1 saturated heterocycles. The van der Waals surface area contributed by atoms with Gasteiger partial charge >= 0.3 is 0 Å². The van der Waals surface area contributed by atoms with Gasteiger partial charge in [0.15, 0.2) is 0 Å². The topological polar surface area (TPSA) is 96.4 Å². The van der Waals surface area contributed by atoms with Crippen LogP contribution in [0.15, 0.2) is 48.8 Å². The summed E-state index contributed by atoms with van der Waals surface area (Å²) in [6, 6.07) is 11.1. The Morgan fingerprint density at radius 2 is 1.90 bits per heavy atom. The number of hydrogen-bond donors (Lipinski definition) is 1. The van der Waals surface area contributed by atoms with E-state index < -0.39 is 0 Å². The molecule has 1 amide bonds. The summed E-state index contributed by atoms with van der Waals surface area (Å²) >= 11 is 0. The zero-order valence-electron chi connectivity index (χ0n) is 17.7. The number of carbonyl (C=O) groups is 1. The number of aromatic nitrogens is 4. The molecule has 0 aromatic carbocycles. The molecule has 31 heavy (non-hydrogen) atoms. The van der Waals surface area contributed by atoms with Gasteiger partial charge in [-0.1, -0.05) is 6.07 Å². The minimum absolute atomic E-state index is 0.0217. The number of aryl methyl sites for hydroxylation is 1. The summed E-state index contributed by atoms with van der Waals surface area (Å²) in [7, 11) is 0. The van der Waals surface area contributed by atoms with E-state index in [0.29, 0.717) is 55.9 Å². The van der Waals surface area contributed by atoms with E-state index in [9.17, 15) is 4.79 Å². The maximum absolute atomic E-state index is 12.8. The molecule has 0 radical (unpaired) electrons. The monoisotopic (exact) mass is 419 g/mol. The first kappa shape index (κ1) is 20.5. The van der Waals surface area contributed by atoms with Gasteiger partial charge in [0.25, 0.3) is 5.91 Å². The van der Waals surface area contributed by atoms with Crippen LogP contribution in [0.3, 0.4) is 0 Å². The maximum Gasteiger partial charge on any atom is 0.255 e. The highest BCUT2D eigenvalue weighted by molar-refractivity contribution is 5.94. The zero-order chi connectivity index (χ0) is 21.6. The van der Waals surface area contributed by atoms with Gasteiger partial charge in [-0.2, -0.15) is 0 Å². The molecule has 4 rings (SSSR count). The van der Waals surface area contributed by atoms with Gasteiger partial charge in [0.1, 0.15) is 23.3 Å². The van der Waals surface area contributed by atoms with E-state index in [1.165, 1.54) is 0 Å². The molecule has 0 unspecified atom stereocenters. The molecular weight excluding hydrogens is 394 g/mol. The van der Waals surface area contributed by atoms with Crippen molar-refractivity contribution in [1.29, 1.82) is 0 Å². The number of piperazine rings is 1. The number of rotatable bonds is 6. The summed E-state index contributed by atoms with van der Waals surface area (Å²) in [5, 5.41) is 3.22. The number of carbonyl (C=O) groups excluding carboxylic acids is 1. The molecule has 3 aromatic heterocycles. The normalized spacial score (nSPS) is 13.7. The SMILES string of the molecule is CCOc1ccc(C(=O)N2CCN(c3cc(Nc4ccccn4)nc(C)n3)CC2)cn1. The second-order valence-electron chi connectivity index (χ2n) is 7.10. The van der Waals surface area contributed by atoms with E-state index in [4.69, 9.17) is 4.74 Å². The van der Waals surface area contributed by atoms with Crippen molar-refractivity contribution in [2.24, 2.45) is 0 Å². The number of nitrogens with one attached hydrogen (secondary N) is 1. The highest BCUT2D eigenvalue weighted by Crippen LogP contribution is 2.21. The van der Waals surface area contributed by atoms with Gasteiger partial charge < -0.3 is 19.9 Å². The molecule has 0 spiro atoms. The Kier molecular flexibility index (Phi) is 6.21. The van der Waals surface area contributed by atoms with Gasteiger partial charge in [0.2, 0.25) is 5.88 Å². The smallest absolute Gasteiger partial charge is 0.255 e. The van der Waals surface area contributed by atoms with E-state index in [-0.39, 0.29) is 5.91 Å². The Hall–Kier alpha value is -3.75. The number of hydrogen-bond acceptors (Lipinski definition) is 8. The predicted molar refractivity (Wildman–Crippen MR) is 118 cm³/mol. The van der Waals surface area contributed by atoms with Crippen molar-refractivity contribution < 1.29 is 9.53 Å². The minimum atomic E-state index is -0.0217. The van der Waals surface area contributed by atoms with Gasteiger partial charge in [0.05, 0.1) is 12.2 Å². The molecule has 1 fully saturated rings. The van der Waals surface area contributed by atoms with Crippen LogP contribution < -0.4 is 15.0 Å². The van der Waals surface area contributed by atoms with Crippen molar-refractivity contribution >= 4 is 23.4 Å². The van der Waals surface area contributed by atoms with Crippen molar-refractivity contribution in [3.63, 3.8) is 0 Å². The molecule has 0 atom stereocenters. The molecule has 4 heterocycles. The standard InChI is InChI=1S/C22H25N7O2/c1-3-31-21-8-7-17(15-24-21)22(30)29-12-10-28(11-13-29)20-14-19(25-16(2)26-20)27-18-6-4-5-9-23-18/h4-9,14-15H,3,10-13H2,1-2H3,(H,23,25,26,27). The third kappa shape index (κ3) is 5.06. The van der Waals surface area contributed by atoms with Gasteiger partial charge in [0, 0.05) is 50.7 Å². The maximum atomic E-state index is 12.8. The summed E-state index contributed by atoms with van der Waals surface area (Å²) in [5.74, 6) is 3.44. The van der Waals surface area contributed by atoms with Gasteiger partial charge in [-0.25, -0.2) is 19.9 Å². The average molecular weight is 419 g/mol. The first-order chi connectivity index (χ1) is 15.1. The van der Waals surface area contributed by atoms with Crippen LogP contribution in [-0.4, -0.2) is 63.5 Å². The Labute approximate surface area is 181 Å². The van der Waals surface area contributed by atoms with Crippen LogP contribution in [0.25, 0.3) is 0 Å². The van der Waals surface area contributed by atoms with E-state index >= 15 is 0 Å². The second kappa shape index (κ2) is 9.38. The fraction of sp³-hybridized carbons (Fsp3) is 0.318. The number of ether oxygens (including phenoxy) is 1. The lowest BCUT2D eigenvalue weighted by Crippen LogP contribution is -2.49. The molecular formula is C22H25N7O2. The number of anilines is 3. The highest BCUT2D eigenvalue weighted by Gasteiger charge is 2.23. The van der Waals surface area contributed by atoms with Crippen molar-refractivity contribution in [3.8, 4) is 5.88 Å². The third-order valence-electron chi connectivity index (χ3n) is 4.91. The summed E-state index contributed by atoms with van der Waals surface area (Å²) in [6.45, 7) is 6.91. The molecule has 9 heteroatoms. The van der Waals surface area contributed by atoms with Crippen LogP contribution in [-0.2, 0) is 0 Å². The fourth-order valence-electron chi connectivity index (χ4n) is 3.41. The second-order valence-corrected chi connectivity index (χ2v) is 7.10. The van der Waals surface area contributed by atoms with Crippen LogP contribution in [0.5, 0.6) is 5.88 Å². The molecule has 0 aliphatic carbocycles. The summed E-state index contributed by atoms with van der Waals surface area (Å²) < 4.78 is 5.34. The quantitative estimate of drug-likeness (QED) is 0.651. The van der Waals surface area contributed by atoms with E-state index in [1.54, 1.807) is 24.5 Å². The molecule has 1 N–H and O–H groups in total. The lowest BCUT2D eigenvalue weighted by molar-refractivity contribution is 0.0746. The van der Waals surface area contributed by atoms with E-state index in [2.05, 4.69) is 30.2 Å². The predicted octanol–water partition coefficient (Wildman–Crippen LogP) is 2.68. The van der Waals surface area contributed by atoms with E-state index in [1.807, 2.05) is 43.0 Å². The number of nitrogens with zero attached hydrogens (tertiary/aromatic N) is 6. The molecule has 9 nitrogen and oxygen atoms in total. The van der Waals surface area contributed by atoms with Crippen molar-refractivity contribution in [1.82, 2.24) is 24.8 Å². The average Bonchev–Trinajstić information content (AvgIpc) is 2.80. The molecule has 0 saturated carbocycles. The summed E-state index contributed by atoms with van der Waals surface area (Å²) in [6.07, 6.45) is 3.30. The Morgan fingerprint density at radius 1 is 1.06 bits per heavy atom. The Bertz CT molecular complexity index is 1020. The summed E-state index contributed by atoms with van der Waals surface area (Å²) in [5.41, 5.74) is 0.566. The molecule has 3 aromatic rings. The van der Waals surface area contributed by atoms with Crippen LogP contribution in [0, 0.1) is 6.92 Å². The summed E-state index contributed by atoms with van der Waals surface area (Å²) in [4.78, 5) is 34.3. The van der Waals surface area contributed by atoms with Crippen molar-refractivity contribution in [2.75, 3.05) is 43.0 Å². The molecule has 1 aliphatic rings. The minimum Gasteiger partial charge on any atom is -0.478 e. The zero-order valence-corrected chi connectivity index (χ0v) is 17.7. The lowest BCUT2D eigenvalue weighted by Gasteiger charge is -2.35. The molecule has 160 valence electrons. The van der Waals surface area contributed by atoms with Gasteiger partial charge in [-0.15, -0.1) is 0 Å². The largest absolute Gasteiger partial charge is 0.478 e. The van der Waals surface area contributed by atoms with Crippen LogP contribution in [0.4, 0.5) is 17.5 Å². The van der Waals surface area contributed by atoms with Crippen molar-refractivity contribution in [2.45, 2.75) is 13.8 Å². The van der Waals surface area contributed by atoms with Gasteiger partial charge in [-0.05, 0) is 32.0 Å². The first-order valence-electron chi connectivity index (χ1n) is 10.3. The lowest BCUT2D eigenvalue weighted by atomic mass is 10.2. The van der Waals surface area contributed by atoms with Gasteiger partial charge in [-0.3, -0.25) is 4.79 Å². The number of pyridine rings is 2. The first-order valence-corrected chi connectivity index (χ1v) is 10.3. The molecule has 1 aliphatic heterocycles. The van der Waals surface area contributed by atoms with Crippen LogP contribution in [0.2, 0.25) is 0 Å². The fourth-order valence-corrected chi connectivity index (χ4v) is 3.41. The third-order valence-corrected chi connectivity index (χ3v) is 4.91. The highest BCUT2D eigenvalue weighted by atomic mass is 16.5. The Balaban J connectivity index is 1.39. The van der Waals surface area contributed by atoms with Crippen LogP contribution in [0.1, 0.15) is 23.1 Å². The van der Waals surface area contributed by atoms with E-state index in [0.717, 1.165) is 11.6 Å².